The van der Waals surface area contributed by atoms with Crippen molar-refractivity contribution in [2.24, 2.45) is 0 Å². The maximum Gasteiger partial charge on any atom is 0.416 e. The Balaban J connectivity index is 1.69. The lowest BCUT2D eigenvalue weighted by molar-refractivity contribution is -0.137. The molecule has 0 saturated heterocycles. The number of hydrogen-bond donors (Lipinski definition) is 1. The number of alkyl halides is 3. The number of hydrogen-bond acceptors (Lipinski definition) is 4. The van der Waals surface area contributed by atoms with Crippen molar-refractivity contribution in [3.05, 3.63) is 65.2 Å². The number of amides is 1. The number of aromatic nitrogens is 2. The molecule has 166 valence electrons. The highest BCUT2D eigenvalue weighted by Gasteiger charge is 2.31. The fourth-order valence-corrected chi connectivity index (χ4v) is 3.50. The third kappa shape index (κ3) is 4.85. The van der Waals surface area contributed by atoms with Crippen molar-refractivity contribution in [1.29, 1.82) is 0 Å². The summed E-state index contributed by atoms with van der Waals surface area (Å²) in [6, 6.07) is 14.0. The van der Waals surface area contributed by atoms with Gasteiger partial charge in [-0.25, -0.2) is 9.97 Å². The van der Waals surface area contributed by atoms with Crippen LogP contribution >= 0.6 is 11.6 Å². The van der Waals surface area contributed by atoms with E-state index in [4.69, 9.17) is 11.6 Å². The highest BCUT2D eigenvalue weighted by atomic mass is 35.5. The number of benzene rings is 2. The molecule has 1 heterocycles. The minimum atomic E-state index is -4.44. The summed E-state index contributed by atoms with van der Waals surface area (Å²) in [6.07, 6.45) is -2.45. The Kier molecular flexibility index (Phi) is 6.06. The van der Waals surface area contributed by atoms with E-state index in [1.807, 2.05) is 30.3 Å². The molecule has 0 radical (unpaired) electrons. The van der Waals surface area contributed by atoms with Gasteiger partial charge >= 0.3 is 6.18 Å². The van der Waals surface area contributed by atoms with E-state index in [1.54, 1.807) is 11.9 Å². The van der Waals surface area contributed by atoms with Gasteiger partial charge in [0.15, 0.2) is 5.82 Å². The molecule has 0 bridgehead atoms. The Bertz CT molecular complexity index is 1120. The predicted octanol–water partition coefficient (Wildman–Crippen LogP) is 5.52. The topological polar surface area (TPSA) is 58.1 Å². The van der Waals surface area contributed by atoms with Crippen molar-refractivity contribution in [1.82, 2.24) is 14.9 Å². The summed E-state index contributed by atoms with van der Waals surface area (Å²) in [7, 11) is 1.76. The molecule has 5 nitrogen and oxygen atoms in total. The van der Waals surface area contributed by atoms with Crippen LogP contribution in [0.15, 0.2) is 54.6 Å². The zero-order chi connectivity index (χ0) is 22.9. The summed E-state index contributed by atoms with van der Waals surface area (Å²) in [5.74, 6) is 0.347. The van der Waals surface area contributed by atoms with Crippen LogP contribution in [0.3, 0.4) is 0 Å². The van der Waals surface area contributed by atoms with E-state index in [2.05, 4.69) is 15.3 Å². The zero-order valence-corrected chi connectivity index (χ0v) is 17.9. The molecule has 1 fully saturated rings. The average molecular weight is 461 g/mol. The number of carbonyl (C=O) groups is 1. The molecular weight excluding hydrogens is 441 g/mol. The number of carbonyl (C=O) groups excluding carboxylic acids is 1. The van der Waals surface area contributed by atoms with Gasteiger partial charge in [-0.05, 0) is 25.0 Å². The van der Waals surface area contributed by atoms with Crippen molar-refractivity contribution in [2.75, 3.05) is 18.9 Å². The zero-order valence-electron chi connectivity index (χ0n) is 17.2. The molecule has 4 rings (SSSR count). The first-order valence-electron chi connectivity index (χ1n) is 10.0. The number of nitrogens with one attached hydrogen (secondary N) is 1. The van der Waals surface area contributed by atoms with E-state index >= 15 is 0 Å². The number of likely N-dealkylation sites (N-methyl/N-ethyl adjacent to an activating group) is 1. The highest BCUT2D eigenvalue weighted by Crippen LogP contribution is 2.35. The van der Waals surface area contributed by atoms with E-state index in [-0.39, 0.29) is 35.2 Å². The van der Waals surface area contributed by atoms with Crippen molar-refractivity contribution in [2.45, 2.75) is 25.1 Å². The normalized spacial score (nSPS) is 13.7. The van der Waals surface area contributed by atoms with E-state index in [9.17, 15) is 18.0 Å². The van der Waals surface area contributed by atoms with Crippen LogP contribution in [0.4, 0.5) is 19.0 Å². The van der Waals surface area contributed by atoms with Gasteiger partial charge in [-0.15, -0.1) is 0 Å². The maximum atomic E-state index is 12.9. The van der Waals surface area contributed by atoms with Gasteiger partial charge < -0.3 is 10.2 Å². The molecule has 1 saturated carbocycles. The van der Waals surface area contributed by atoms with Crippen LogP contribution < -0.4 is 5.32 Å². The van der Waals surface area contributed by atoms with Crippen LogP contribution in [0.5, 0.6) is 0 Å². The van der Waals surface area contributed by atoms with E-state index in [0.29, 0.717) is 11.3 Å². The monoisotopic (exact) mass is 460 g/mol. The molecule has 1 aromatic heterocycles. The standard InChI is InChI=1S/C23H20ClF3N4O/c1-31(17-11-12-17)18(32)13-28-22-19(24)20(14-5-3-2-4-6-14)29-21(30-22)15-7-9-16(10-8-15)23(25,26)27/h2-10,17H,11-13H2,1H3,(H,28,29,30). The van der Waals surface area contributed by atoms with E-state index in [0.717, 1.165) is 30.5 Å². The smallest absolute Gasteiger partial charge is 0.360 e. The van der Waals surface area contributed by atoms with Gasteiger partial charge in [0.05, 0.1) is 17.8 Å². The number of nitrogens with zero attached hydrogens (tertiary/aromatic N) is 3. The van der Waals surface area contributed by atoms with Gasteiger partial charge in [-0.1, -0.05) is 54.1 Å². The molecular formula is C23H20ClF3N4O. The summed E-state index contributed by atoms with van der Waals surface area (Å²) in [5, 5.41) is 3.21. The first kappa shape index (κ1) is 22.1. The Labute approximate surface area is 188 Å². The summed E-state index contributed by atoms with van der Waals surface area (Å²) in [6.45, 7) is -0.00951. The lowest BCUT2D eigenvalue weighted by atomic mass is 10.1. The minimum Gasteiger partial charge on any atom is -0.360 e. The Morgan fingerprint density at radius 1 is 1.06 bits per heavy atom. The van der Waals surface area contributed by atoms with Gasteiger partial charge in [0.2, 0.25) is 5.91 Å². The molecule has 2 aromatic carbocycles. The molecule has 1 amide bonds. The molecule has 0 atom stereocenters. The molecule has 0 spiro atoms. The van der Waals surface area contributed by atoms with Crippen LogP contribution in [0, 0.1) is 0 Å². The van der Waals surface area contributed by atoms with Crippen molar-refractivity contribution < 1.29 is 18.0 Å². The minimum absolute atomic E-state index is 0.00951. The van der Waals surface area contributed by atoms with Crippen LogP contribution in [-0.4, -0.2) is 40.4 Å². The van der Waals surface area contributed by atoms with Crippen LogP contribution in [0.2, 0.25) is 5.02 Å². The fraction of sp³-hybridized carbons (Fsp3) is 0.261. The SMILES string of the molecule is CN(C(=O)CNc1nc(-c2ccc(C(F)(F)F)cc2)nc(-c2ccccc2)c1Cl)C1CC1. The molecule has 32 heavy (non-hydrogen) atoms. The second-order valence-corrected chi connectivity index (χ2v) is 7.97. The number of rotatable bonds is 6. The summed E-state index contributed by atoms with van der Waals surface area (Å²) >= 11 is 6.56. The molecule has 3 aromatic rings. The first-order valence-corrected chi connectivity index (χ1v) is 10.4. The Morgan fingerprint density at radius 3 is 2.31 bits per heavy atom. The van der Waals surface area contributed by atoms with Gasteiger partial charge in [0, 0.05) is 24.2 Å². The van der Waals surface area contributed by atoms with Gasteiger partial charge in [0.1, 0.15) is 10.8 Å². The average Bonchev–Trinajstić information content (AvgIpc) is 3.63. The van der Waals surface area contributed by atoms with E-state index in [1.165, 1.54) is 12.1 Å². The lowest BCUT2D eigenvalue weighted by Crippen LogP contribution is -2.34. The number of anilines is 1. The third-order valence-electron chi connectivity index (χ3n) is 5.26. The van der Waals surface area contributed by atoms with E-state index < -0.39 is 11.7 Å². The molecule has 1 N–H and O–H groups in total. The van der Waals surface area contributed by atoms with Crippen molar-refractivity contribution in [3.8, 4) is 22.6 Å². The highest BCUT2D eigenvalue weighted by molar-refractivity contribution is 6.35. The third-order valence-corrected chi connectivity index (χ3v) is 5.62. The molecule has 0 unspecified atom stereocenters. The van der Waals surface area contributed by atoms with Crippen molar-refractivity contribution >= 4 is 23.3 Å². The summed E-state index contributed by atoms with van der Waals surface area (Å²) in [4.78, 5) is 23.0. The van der Waals surface area contributed by atoms with Gasteiger partial charge in [0.25, 0.3) is 0 Å². The maximum absolute atomic E-state index is 12.9. The molecule has 1 aliphatic carbocycles. The van der Waals surface area contributed by atoms with Crippen molar-refractivity contribution in [3.63, 3.8) is 0 Å². The summed E-state index contributed by atoms with van der Waals surface area (Å²) in [5.41, 5.74) is 0.780. The Hall–Kier alpha value is -3.13. The largest absolute Gasteiger partial charge is 0.416 e. The first-order chi connectivity index (χ1) is 15.2. The fourth-order valence-electron chi connectivity index (χ4n) is 3.24. The summed E-state index contributed by atoms with van der Waals surface area (Å²) < 4.78 is 38.8. The molecule has 9 heteroatoms. The predicted molar refractivity (Wildman–Crippen MR) is 117 cm³/mol. The molecule has 0 aliphatic heterocycles. The lowest BCUT2D eigenvalue weighted by Gasteiger charge is -2.18. The van der Waals surface area contributed by atoms with Crippen LogP contribution in [-0.2, 0) is 11.0 Å². The molecule has 1 aliphatic rings. The number of halogens is 4. The van der Waals surface area contributed by atoms with Crippen LogP contribution in [0.1, 0.15) is 18.4 Å². The second kappa shape index (κ2) is 8.78. The second-order valence-electron chi connectivity index (χ2n) is 7.59. The van der Waals surface area contributed by atoms with Crippen LogP contribution in [0.25, 0.3) is 22.6 Å². The quantitative estimate of drug-likeness (QED) is 0.526. The Morgan fingerprint density at radius 2 is 1.72 bits per heavy atom. The van der Waals surface area contributed by atoms with Gasteiger partial charge in [-0.2, -0.15) is 13.2 Å². The van der Waals surface area contributed by atoms with Gasteiger partial charge in [-0.3, -0.25) is 4.79 Å².